The van der Waals surface area contributed by atoms with Crippen LogP contribution in [0.3, 0.4) is 0 Å². The van der Waals surface area contributed by atoms with Crippen LogP contribution in [0.1, 0.15) is 30.0 Å². The molecule has 0 aliphatic carbocycles. The number of hydrogen-bond acceptors (Lipinski definition) is 3. The van der Waals surface area contributed by atoms with Crippen LogP contribution in [-0.4, -0.2) is 25.9 Å². The topological polar surface area (TPSA) is 66.5 Å². The Morgan fingerprint density at radius 3 is 2.42 bits per heavy atom. The Labute approximate surface area is 142 Å². The minimum Gasteiger partial charge on any atom is -0.317 e. The van der Waals surface area contributed by atoms with Crippen LogP contribution in [0.5, 0.6) is 0 Å². The molecule has 1 fully saturated rings. The molecule has 1 heterocycles. The maximum absolute atomic E-state index is 12.5. The smallest absolute Gasteiger partial charge is 0.317 e. The maximum Gasteiger partial charge on any atom is 0.331 e. The van der Waals surface area contributed by atoms with E-state index in [1.807, 2.05) is 37.3 Å². The molecule has 2 aromatic rings. The van der Waals surface area contributed by atoms with Crippen LogP contribution >= 0.6 is 0 Å². The zero-order chi connectivity index (χ0) is 17.2. The van der Waals surface area contributed by atoms with Gasteiger partial charge in [-0.25, -0.2) is 17.9 Å². The highest BCUT2D eigenvalue weighted by atomic mass is 32.2. The van der Waals surface area contributed by atoms with E-state index in [1.165, 1.54) is 12.1 Å². The fraction of sp³-hybridized carbons (Fsp3) is 0.278. The van der Waals surface area contributed by atoms with Crippen molar-refractivity contribution in [2.45, 2.75) is 30.7 Å². The van der Waals surface area contributed by atoms with E-state index in [1.54, 1.807) is 17.0 Å². The number of likely N-dealkylation sites (tertiary alicyclic amines) is 1. The largest absolute Gasteiger partial charge is 0.331 e. The number of urea groups is 1. The fourth-order valence-corrected chi connectivity index (χ4v) is 3.94. The van der Waals surface area contributed by atoms with Crippen LogP contribution in [-0.2, 0) is 10.0 Å². The van der Waals surface area contributed by atoms with Crippen molar-refractivity contribution in [3.8, 4) is 0 Å². The minimum atomic E-state index is -3.86. The van der Waals surface area contributed by atoms with Gasteiger partial charge in [-0.1, -0.05) is 48.0 Å². The standard InChI is InChI=1S/C18H20N2O3S/c1-14-9-11-16(12-10-14)24(22,23)19-18(21)20-13-5-8-17(20)15-6-3-2-4-7-15/h2-4,6-7,9-12,17H,5,8,13H2,1H3,(H,19,21). The number of hydrogen-bond donors (Lipinski definition) is 1. The second-order valence-electron chi connectivity index (χ2n) is 5.99. The van der Waals surface area contributed by atoms with Crippen molar-refractivity contribution < 1.29 is 13.2 Å². The molecule has 6 heteroatoms. The highest BCUT2D eigenvalue weighted by Gasteiger charge is 2.32. The molecule has 2 aromatic carbocycles. The molecule has 0 radical (unpaired) electrons. The molecule has 0 spiro atoms. The van der Waals surface area contributed by atoms with Crippen LogP contribution < -0.4 is 4.72 Å². The third-order valence-corrected chi connectivity index (χ3v) is 5.59. The van der Waals surface area contributed by atoms with Gasteiger partial charge in [0.05, 0.1) is 10.9 Å². The number of nitrogens with one attached hydrogen (secondary N) is 1. The van der Waals surface area contributed by atoms with Crippen molar-refractivity contribution in [2.75, 3.05) is 6.54 Å². The third-order valence-electron chi connectivity index (χ3n) is 4.25. The lowest BCUT2D eigenvalue weighted by molar-refractivity contribution is 0.199. The van der Waals surface area contributed by atoms with Gasteiger partial charge >= 0.3 is 6.03 Å². The quantitative estimate of drug-likeness (QED) is 0.929. The number of carbonyl (C=O) groups excluding carboxylic acids is 1. The molecular weight excluding hydrogens is 324 g/mol. The lowest BCUT2D eigenvalue weighted by atomic mass is 10.1. The molecule has 0 bridgehead atoms. The van der Waals surface area contributed by atoms with Gasteiger partial charge in [-0.2, -0.15) is 0 Å². The first-order valence-electron chi connectivity index (χ1n) is 7.92. The first-order valence-corrected chi connectivity index (χ1v) is 9.41. The zero-order valence-corrected chi connectivity index (χ0v) is 14.3. The summed E-state index contributed by atoms with van der Waals surface area (Å²) in [7, 11) is -3.86. The Bertz CT molecular complexity index is 817. The molecule has 1 N–H and O–H groups in total. The molecule has 5 nitrogen and oxygen atoms in total. The highest BCUT2D eigenvalue weighted by molar-refractivity contribution is 7.90. The van der Waals surface area contributed by atoms with Gasteiger partial charge in [0, 0.05) is 6.54 Å². The Morgan fingerprint density at radius 2 is 1.75 bits per heavy atom. The number of benzene rings is 2. The predicted octanol–water partition coefficient (Wildman–Crippen LogP) is 3.23. The van der Waals surface area contributed by atoms with Crippen LogP contribution in [0.25, 0.3) is 0 Å². The van der Waals surface area contributed by atoms with Crippen LogP contribution in [0.2, 0.25) is 0 Å². The number of sulfonamides is 1. The maximum atomic E-state index is 12.5. The van der Waals surface area contributed by atoms with Gasteiger partial charge in [0.2, 0.25) is 0 Å². The SMILES string of the molecule is Cc1ccc(S(=O)(=O)NC(=O)N2CCCC2c2ccccc2)cc1. The monoisotopic (exact) mass is 344 g/mol. The molecule has 1 saturated heterocycles. The van der Waals surface area contributed by atoms with E-state index in [9.17, 15) is 13.2 Å². The lowest BCUT2D eigenvalue weighted by Crippen LogP contribution is -2.42. The van der Waals surface area contributed by atoms with Gasteiger partial charge in [0.25, 0.3) is 10.0 Å². The van der Waals surface area contributed by atoms with Crippen LogP contribution in [0, 0.1) is 6.92 Å². The zero-order valence-electron chi connectivity index (χ0n) is 13.5. The van der Waals surface area contributed by atoms with E-state index in [4.69, 9.17) is 0 Å². The first kappa shape index (κ1) is 16.5. The Hall–Kier alpha value is -2.34. The van der Waals surface area contributed by atoms with E-state index < -0.39 is 16.1 Å². The molecule has 1 aliphatic heterocycles. The van der Waals surface area contributed by atoms with Gasteiger partial charge in [0.1, 0.15) is 0 Å². The minimum absolute atomic E-state index is 0.0839. The lowest BCUT2D eigenvalue weighted by Gasteiger charge is -2.25. The van der Waals surface area contributed by atoms with Crippen molar-refractivity contribution in [1.29, 1.82) is 0 Å². The average molecular weight is 344 g/mol. The summed E-state index contributed by atoms with van der Waals surface area (Å²) in [6.45, 7) is 2.43. The van der Waals surface area contributed by atoms with Gasteiger partial charge in [-0.3, -0.25) is 0 Å². The molecule has 2 amide bonds. The van der Waals surface area contributed by atoms with E-state index in [2.05, 4.69) is 4.72 Å². The highest BCUT2D eigenvalue weighted by Crippen LogP contribution is 2.31. The number of rotatable bonds is 3. The normalized spacial score (nSPS) is 17.7. The first-order chi connectivity index (χ1) is 11.5. The van der Waals surface area contributed by atoms with E-state index >= 15 is 0 Å². The number of amides is 2. The van der Waals surface area contributed by atoms with Gasteiger partial charge in [0.15, 0.2) is 0 Å². The summed E-state index contributed by atoms with van der Waals surface area (Å²) in [6, 6.07) is 15.5. The average Bonchev–Trinajstić information content (AvgIpc) is 3.05. The number of carbonyl (C=O) groups is 1. The van der Waals surface area contributed by atoms with Gasteiger partial charge < -0.3 is 4.90 Å². The molecule has 3 rings (SSSR count). The molecule has 126 valence electrons. The molecule has 1 atom stereocenters. The summed E-state index contributed by atoms with van der Waals surface area (Å²) in [4.78, 5) is 14.2. The number of aryl methyl sites for hydroxylation is 1. The predicted molar refractivity (Wildman–Crippen MR) is 92.0 cm³/mol. The second kappa shape index (κ2) is 6.65. The van der Waals surface area contributed by atoms with E-state index in [0.717, 1.165) is 24.0 Å². The van der Waals surface area contributed by atoms with Crippen molar-refractivity contribution in [3.05, 3.63) is 65.7 Å². The molecule has 24 heavy (non-hydrogen) atoms. The Morgan fingerprint density at radius 1 is 1.08 bits per heavy atom. The van der Waals surface area contributed by atoms with Crippen molar-refractivity contribution in [2.24, 2.45) is 0 Å². The third kappa shape index (κ3) is 3.43. The van der Waals surface area contributed by atoms with E-state index in [0.29, 0.717) is 6.54 Å². The molecule has 1 unspecified atom stereocenters. The Kier molecular flexibility index (Phi) is 4.57. The second-order valence-corrected chi connectivity index (χ2v) is 7.67. The summed E-state index contributed by atoms with van der Waals surface area (Å²) in [5.41, 5.74) is 1.99. The Balaban J connectivity index is 1.77. The van der Waals surface area contributed by atoms with E-state index in [-0.39, 0.29) is 10.9 Å². The molecule has 1 aliphatic rings. The van der Waals surface area contributed by atoms with Gasteiger partial charge in [-0.15, -0.1) is 0 Å². The van der Waals surface area contributed by atoms with Crippen molar-refractivity contribution in [1.82, 2.24) is 9.62 Å². The molecule has 0 aromatic heterocycles. The summed E-state index contributed by atoms with van der Waals surface area (Å²) < 4.78 is 27.0. The van der Waals surface area contributed by atoms with Gasteiger partial charge in [-0.05, 0) is 37.5 Å². The fourth-order valence-electron chi connectivity index (χ4n) is 2.98. The van der Waals surface area contributed by atoms with Crippen LogP contribution in [0.4, 0.5) is 4.79 Å². The van der Waals surface area contributed by atoms with Crippen molar-refractivity contribution >= 4 is 16.1 Å². The molecule has 0 saturated carbocycles. The summed E-state index contributed by atoms with van der Waals surface area (Å²) in [5, 5.41) is 0. The number of nitrogens with zero attached hydrogens (tertiary/aromatic N) is 1. The molecular formula is C18H20N2O3S. The van der Waals surface area contributed by atoms with Crippen LogP contribution in [0.15, 0.2) is 59.5 Å². The summed E-state index contributed by atoms with van der Waals surface area (Å²) in [6.07, 6.45) is 1.69. The summed E-state index contributed by atoms with van der Waals surface area (Å²) >= 11 is 0. The van der Waals surface area contributed by atoms with Crippen molar-refractivity contribution in [3.63, 3.8) is 0 Å². The summed E-state index contributed by atoms with van der Waals surface area (Å²) in [5.74, 6) is 0.